The molecule has 1 heterocycles. The molecular formula is C15H18N2O3. The van der Waals surface area contributed by atoms with Crippen molar-refractivity contribution in [1.82, 2.24) is 5.32 Å². The fourth-order valence-corrected chi connectivity index (χ4v) is 3.21. The van der Waals surface area contributed by atoms with Crippen molar-refractivity contribution < 1.29 is 14.7 Å². The first kappa shape index (κ1) is 13.0. The first-order valence-corrected chi connectivity index (χ1v) is 7.05. The number of nitrogens with one attached hydrogen (secondary N) is 1. The van der Waals surface area contributed by atoms with Crippen LogP contribution in [0.4, 0.5) is 10.5 Å². The molecule has 1 aromatic carbocycles. The molecule has 0 radical (unpaired) electrons. The van der Waals surface area contributed by atoms with E-state index in [1.165, 1.54) is 5.56 Å². The fraction of sp³-hybridized carbons (Fsp3) is 0.467. The Morgan fingerprint density at radius 2 is 2.05 bits per heavy atom. The molecule has 1 aliphatic heterocycles. The van der Waals surface area contributed by atoms with E-state index in [1.807, 2.05) is 24.3 Å². The summed E-state index contributed by atoms with van der Waals surface area (Å²) in [4.78, 5) is 25.2. The summed E-state index contributed by atoms with van der Waals surface area (Å²) in [5.74, 6) is -1.26. The lowest BCUT2D eigenvalue weighted by molar-refractivity contribution is -0.142. The van der Waals surface area contributed by atoms with Gasteiger partial charge in [-0.05, 0) is 30.9 Å². The lowest BCUT2D eigenvalue weighted by atomic mass is 10.0. The Balaban J connectivity index is 1.70. The maximum Gasteiger partial charge on any atom is 0.322 e. The summed E-state index contributed by atoms with van der Waals surface area (Å²) in [5, 5.41) is 12.1. The number of aliphatic carboxylic acids is 1. The Hall–Kier alpha value is -2.04. The molecule has 0 aromatic heterocycles. The van der Waals surface area contributed by atoms with Gasteiger partial charge in [-0.3, -0.25) is 9.69 Å². The third kappa shape index (κ3) is 2.24. The van der Waals surface area contributed by atoms with Gasteiger partial charge >= 0.3 is 12.0 Å². The topological polar surface area (TPSA) is 69.6 Å². The number of amides is 2. The number of nitrogens with zero attached hydrogens (tertiary/aromatic N) is 1. The van der Waals surface area contributed by atoms with Crippen LogP contribution in [0.5, 0.6) is 0 Å². The Labute approximate surface area is 117 Å². The number of urea groups is 1. The predicted octanol–water partition coefficient (Wildman–Crippen LogP) is 2.01. The Morgan fingerprint density at radius 3 is 2.85 bits per heavy atom. The van der Waals surface area contributed by atoms with E-state index in [0.717, 1.165) is 24.9 Å². The largest absolute Gasteiger partial charge is 0.481 e. The summed E-state index contributed by atoms with van der Waals surface area (Å²) < 4.78 is 0. The summed E-state index contributed by atoms with van der Waals surface area (Å²) in [6.07, 6.45) is 3.12. The molecule has 1 aromatic rings. The zero-order valence-corrected chi connectivity index (χ0v) is 11.2. The van der Waals surface area contributed by atoms with Crippen LogP contribution < -0.4 is 10.2 Å². The van der Waals surface area contributed by atoms with Gasteiger partial charge in [0, 0.05) is 18.3 Å². The van der Waals surface area contributed by atoms with E-state index < -0.39 is 11.9 Å². The Kier molecular flexibility index (Phi) is 3.34. The minimum Gasteiger partial charge on any atom is -0.481 e. The molecule has 3 rings (SSSR count). The van der Waals surface area contributed by atoms with Crippen LogP contribution >= 0.6 is 0 Å². The van der Waals surface area contributed by atoms with Gasteiger partial charge < -0.3 is 10.4 Å². The smallest absolute Gasteiger partial charge is 0.322 e. The lowest BCUT2D eigenvalue weighted by Crippen LogP contribution is -2.47. The number of hydrogen-bond acceptors (Lipinski definition) is 2. The van der Waals surface area contributed by atoms with Crippen LogP contribution in [0.1, 0.15) is 24.8 Å². The molecule has 0 saturated heterocycles. The van der Waals surface area contributed by atoms with Crippen molar-refractivity contribution in [3.05, 3.63) is 29.8 Å². The van der Waals surface area contributed by atoms with Gasteiger partial charge in [0.1, 0.15) is 0 Å². The van der Waals surface area contributed by atoms with E-state index >= 15 is 0 Å². The molecule has 1 saturated carbocycles. The zero-order valence-electron chi connectivity index (χ0n) is 11.2. The molecule has 106 valence electrons. The highest BCUT2D eigenvalue weighted by molar-refractivity contribution is 5.94. The normalized spacial score (nSPS) is 24.5. The SMILES string of the molecule is O=C(O)C1CCCC1NC(=O)N1CCc2ccccc21. The third-order valence-corrected chi connectivity index (χ3v) is 4.27. The number of benzene rings is 1. The van der Waals surface area contributed by atoms with Crippen LogP contribution in [-0.4, -0.2) is 29.7 Å². The van der Waals surface area contributed by atoms with Crippen LogP contribution in [-0.2, 0) is 11.2 Å². The molecule has 5 heteroatoms. The first-order valence-electron chi connectivity index (χ1n) is 7.05. The highest BCUT2D eigenvalue weighted by Gasteiger charge is 2.35. The van der Waals surface area contributed by atoms with E-state index in [9.17, 15) is 9.59 Å². The maximum atomic E-state index is 12.4. The number of anilines is 1. The average molecular weight is 274 g/mol. The number of para-hydroxylation sites is 1. The van der Waals surface area contributed by atoms with Crippen molar-refractivity contribution in [1.29, 1.82) is 0 Å². The molecule has 1 fully saturated rings. The number of carboxylic acids is 1. The Morgan fingerprint density at radius 1 is 1.25 bits per heavy atom. The van der Waals surface area contributed by atoms with Crippen LogP contribution in [0.3, 0.4) is 0 Å². The fourth-order valence-electron chi connectivity index (χ4n) is 3.21. The summed E-state index contributed by atoms with van der Waals surface area (Å²) in [5.41, 5.74) is 2.11. The van der Waals surface area contributed by atoms with Gasteiger partial charge in [0.05, 0.1) is 5.92 Å². The number of hydrogen-bond donors (Lipinski definition) is 2. The van der Waals surface area contributed by atoms with E-state index in [2.05, 4.69) is 5.32 Å². The summed E-state index contributed by atoms with van der Waals surface area (Å²) in [7, 11) is 0. The third-order valence-electron chi connectivity index (χ3n) is 4.27. The molecule has 2 amide bonds. The van der Waals surface area contributed by atoms with Gasteiger partial charge in [0.25, 0.3) is 0 Å². The number of carbonyl (C=O) groups excluding carboxylic acids is 1. The van der Waals surface area contributed by atoms with Gasteiger partial charge in [-0.1, -0.05) is 24.6 Å². The van der Waals surface area contributed by atoms with Crippen LogP contribution in [0.25, 0.3) is 0 Å². The molecule has 1 aliphatic carbocycles. The monoisotopic (exact) mass is 274 g/mol. The second-order valence-electron chi connectivity index (χ2n) is 5.46. The van der Waals surface area contributed by atoms with E-state index in [-0.39, 0.29) is 12.1 Å². The summed E-state index contributed by atoms with van der Waals surface area (Å²) in [6, 6.07) is 7.43. The van der Waals surface area contributed by atoms with Crippen molar-refractivity contribution in [2.45, 2.75) is 31.7 Å². The van der Waals surface area contributed by atoms with Crippen molar-refractivity contribution in [3.63, 3.8) is 0 Å². The number of rotatable bonds is 2. The highest BCUT2D eigenvalue weighted by Crippen LogP contribution is 2.29. The number of carboxylic acid groups (broad SMARTS) is 1. The van der Waals surface area contributed by atoms with Gasteiger partial charge in [-0.15, -0.1) is 0 Å². The van der Waals surface area contributed by atoms with E-state index in [0.29, 0.717) is 13.0 Å². The lowest BCUT2D eigenvalue weighted by Gasteiger charge is -2.23. The molecule has 2 aliphatic rings. The second-order valence-corrected chi connectivity index (χ2v) is 5.46. The van der Waals surface area contributed by atoms with E-state index in [4.69, 9.17) is 5.11 Å². The van der Waals surface area contributed by atoms with E-state index in [1.54, 1.807) is 4.90 Å². The van der Waals surface area contributed by atoms with Crippen LogP contribution in [0, 0.1) is 5.92 Å². The molecule has 5 nitrogen and oxygen atoms in total. The quantitative estimate of drug-likeness (QED) is 0.866. The molecule has 20 heavy (non-hydrogen) atoms. The van der Waals surface area contributed by atoms with Crippen molar-refractivity contribution >= 4 is 17.7 Å². The maximum absolute atomic E-state index is 12.4. The second kappa shape index (κ2) is 5.15. The van der Waals surface area contributed by atoms with Crippen molar-refractivity contribution in [2.75, 3.05) is 11.4 Å². The summed E-state index contributed by atoms with van der Waals surface area (Å²) in [6.45, 7) is 0.662. The van der Waals surface area contributed by atoms with Crippen molar-refractivity contribution in [3.8, 4) is 0 Å². The minimum absolute atomic E-state index is 0.173. The molecule has 2 unspecified atom stereocenters. The minimum atomic E-state index is -0.811. The average Bonchev–Trinajstić information content (AvgIpc) is 3.04. The van der Waals surface area contributed by atoms with Gasteiger partial charge in [-0.25, -0.2) is 4.79 Å². The molecule has 2 atom stereocenters. The molecule has 0 spiro atoms. The van der Waals surface area contributed by atoms with Gasteiger partial charge in [0.2, 0.25) is 0 Å². The molecule has 2 N–H and O–H groups in total. The summed E-state index contributed by atoms with van der Waals surface area (Å²) >= 11 is 0. The van der Waals surface area contributed by atoms with Crippen molar-refractivity contribution in [2.24, 2.45) is 5.92 Å². The predicted molar refractivity (Wildman–Crippen MR) is 74.8 cm³/mol. The zero-order chi connectivity index (χ0) is 14.1. The highest BCUT2D eigenvalue weighted by atomic mass is 16.4. The molecular weight excluding hydrogens is 256 g/mol. The van der Waals surface area contributed by atoms with Crippen LogP contribution in [0.15, 0.2) is 24.3 Å². The standard InChI is InChI=1S/C15H18N2O3/c18-14(19)11-5-3-6-12(11)16-15(20)17-9-8-10-4-1-2-7-13(10)17/h1-2,4,7,11-12H,3,5-6,8-9H2,(H,16,20)(H,18,19). The van der Waals surface area contributed by atoms with Gasteiger partial charge in [0.15, 0.2) is 0 Å². The number of carbonyl (C=O) groups is 2. The first-order chi connectivity index (χ1) is 9.66. The number of fused-ring (bicyclic) bond motifs is 1. The molecule has 0 bridgehead atoms. The Bertz CT molecular complexity index is 544. The van der Waals surface area contributed by atoms with Gasteiger partial charge in [-0.2, -0.15) is 0 Å². The van der Waals surface area contributed by atoms with Crippen LogP contribution in [0.2, 0.25) is 0 Å².